The molecule has 0 spiro atoms. The first-order valence-electron chi connectivity index (χ1n) is 13.2. The third kappa shape index (κ3) is 6.94. The van der Waals surface area contributed by atoms with Crippen molar-refractivity contribution < 1.29 is 9.90 Å². The number of rotatable bonds is 6. The minimum Gasteiger partial charge on any atom is -0.392 e. The van der Waals surface area contributed by atoms with E-state index in [9.17, 15) is 9.90 Å². The number of pyridine rings is 3. The zero-order valence-corrected chi connectivity index (χ0v) is 24.1. The summed E-state index contributed by atoms with van der Waals surface area (Å²) >= 11 is 1.78. The van der Waals surface area contributed by atoms with Gasteiger partial charge in [-0.05, 0) is 73.0 Å². The summed E-state index contributed by atoms with van der Waals surface area (Å²) in [6.45, 7) is 7.85. The Morgan fingerprint density at radius 2 is 1.79 bits per heavy atom. The molecule has 1 fully saturated rings. The topological polar surface area (TPSA) is 91.2 Å². The van der Waals surface area contributed by atoms with E-state index in [-0.39, 0.29) is 24.4 Å². The Kier molecular flexibility index (Phi) is 9.54. The molecular weight excluding hydrogens is 506 g/mol. The highest BCUT2D eigenvalue weighted by Crippen LogP contribution is 2.28. The van der Waals surface area contributed by atoms with Crippen LogP contribution in [0.2, 0.25) is 0 Å². The number of piperidine rings is 1. The summed E-state index contributed by atoms with van der Waals surface area (Å²) in [6, 6.07) is 18.1. The number of hydrogen-bond donors (Lipinski definition) is 2. The maximum Gasteiger partial charge on any atom is 0.129 e. The molecule has 0 radical (unpaired) electrons. The summed E-state index contributed by atoms with van der Waals surface area (Å²) < 4.78 is 0. The highest BCUT2D eigenvalue weighted by molar-refractivity contribution is 7.98. The van der Waals surface area contributed by atoms with E-state index in [1.54, 1.807) is 18.0 Å². The molecule has 1 aromatic carbocycles. The van der Waals surface area contributed by atoms with Crippen LogP contribution in [0, 0.1) is 18.8 Å². The van der Waals surface area contributed by atoms with Gasteiger partial charge in [-0.25, -0.2) is 9.97 Å². The van der Waals surface area contributed by atoms with Gasteiger partial charge in [0.15, 0.2) is 0 Å². The summed E-state index contributed by atoms with van der Waals surface area (Å²) in [6.07, 6.45) is 4.71. The molecule has 7 nitrogen and oxygen atoms in total. The van der Waals surface area contributed by atoms with Gasteiger partial charge in [0, 0.05) is 54.4 Å². The Morgan fingerprint density at radius 3 is 2.49 bits per heavy atom. The summed E-state index contributed by atoms with van der Waals surface area (Å²) in [5.74, 6) is 1.31. The number of aliphatic hydroxyl groups excluding tert-OH is 1. The van der Waals surface area contributed by atoms with Gasteiger partial charge in [0.05, 0.1) is 23.0 Å². The highest BCUT2D eigenvalue weighted by Gasteiger charge is 2.31. The van der Waals surface area contributed by atoms with Gasteiger partial charge in [-0.3, -0.25) is 4.98 Å². The molecule has 204 valence electrons. The van der Waals surface area contributed by atoms with E-state index in [4.69, 9.17) is 9.97 Å². The second-order valence-electron chi connectivity index (χ2n) is 10.1. The number of benzene rings is 1. The molecule has 4 aromatic rings. The van der Waals surface area contributed by atoms with Crippen LogP contribution in [0.3, 0.4) is 0 Å². The van der Waals surface area contributed by atoms with E-state index in [2.05, 4.69) is 60.4 Å². The Hall–Kier alpha value is -3.49. The van der Waals surface area contributed by atoms with Crippen molar-refractivity contribution in [2.24, 2.45) is 11.8 Å². The van der Waals surface area contributed by atoms with Crippen molar-refractivity contribution in [2.45, 2.75) is 38.2 Å². The maximum absolute atomic E-state index is 10.8. The van der Waals surface area contributed by atoms with Gasteiger partial charge in [0.1, 0.15) is 12.1 Å². The first kappa shape index (κ1) is 28.5. The molecule has 2 atom stereocenters. The van der Waals surface area contributed by atoms with E-state index in [0.717, 1.165) is 47.5 Å². The number of aryl methyl sites for hydroxylation is 1. The fraction of sp³-hybridized carbons (Fsp3) is 0.355. The maximum atomic E-state index is 10.8. The summed E-state index contributed by atoms with van der Waals surface area (Å²) in [7, 11) is 1.94. The fourth-order valence-corrected chi connectivity index (χ4v) is 5.48. The van der Waals surface area contributed by atoms with E-state index in [0.29, 0.717) is 5.69 Å². The van der Waals surface area contributed by atoms with Gasteiger partial charge in [-0.15, -0.1) is 11.8 Å². The molecule has 0 bridgehead atoms. The number of anilines is 2. The average Bonchev–Trinajstić information content (AvgIpc) is 2.96. The highest BCUT2D eigenvalue weighted by atomic mass is 32.2. The van der Waals surface area contributed by atoms with Crippen LogP contribution in [-0.4, -0.2) is 58.8 Å². The van der Waals surface area contributed by atoms with Crippen molar-refractivity contribution >= 4 is 40.5 Å². The number of carbonyl (C=O) groups excluding carboxylic acids is 1. The predicted octanol–water partition coefficient (Wildman–Crippen LogP) is 5.64. The van der Waals surface area contributed by atoms with Gasteiger partial charge in [-0.2, -0.15) is 0 Å². The normalized spacial score (nSPS) is 18.8. The van der Waals surface area contributed by atoms with Crippen molar-refractivity contribution in [3.05, 3.63) is 72.1 Å². The zero-order valence-electron chi connectivity index (χ0n) is 23.3. The lowest BCUT2D eigenvalue weighted by Gasteiger charge is -2.39. The minimum atomic E-state index is -0.268. The second-order valence-corrected chi connectivity index (χ2v) is 10.9. The standard InChI is InChI=1S/C22H24N4O2.C9H13NS/c1-14-12-26(13-15(2)22(14)28)21-5-3-4-18(25-21)19-7-6-16-11-23-17(8-9-27)10-20(16)24-19;1-7-4-5-8(10-2)6-9(7)11-3/h3-7,9-11,14-15,22,28H,8,12-13H2,1-2H3;4-6,10H,1-3H3. The average molecular weight is 544 g/mol. The number of fused-ring (bicyclic) bond motifs is 1. The molecular formula is C31H37N5O2S. The van der Waals surface area contributed by atoms with Gasteiger partial charge < -0.3 is 20.1 Å². The molecule has 8 heteroatoms. The largest absolute Gasteiger partial charge is 0.392 e. The summed E-state index contributed by atoms with van der Waals surface area (Å²) in [5.41, 5.74) is 5.63. The summed E-state index contributed by atoms with van der Waals surface area (Å²) in [5, 5.41) is 14.3. The molecule has 5 rings (SSSR count). The number of thioether (sulfide) groups is 1. The Labute approximate surface area is 235 Å². The third-order valence-corrected chi connectivity index (χ3v) is 8.00. The lowest BCUT2D eigenvalue weighted by Crippen LogP contribution is -2.47. The summed E-state index contributed by atoms with van der Waals surface area (Å²) in [4.78, 5) is 28.2. The predicted molar refractivity (Wildman–Crippen MR) is 162 cm³/mol. The number of carbonyl (C=O) groups is 1. The number of aliphatic hydroxyl groups is 1. The van der Waals surface area contributed by atoms with Crippen LogP contribution in [0.25, 0.3) is 22.3 Å². The monoisotopic (exact) mass is 543 g/mol. The number of aromatic nitrogens is 3. The number of hydrogen-bond acceptors (Lipinski definition) is 8. The van der Waals surface area contributed by atoms with Crippen molar-refractivity contribution in [2.75, 3.05) is 36.6 Å². The van der Waals surface area contributed by atoms with E-state index < -0.39 is 0 Å². The Bertz CT molecular complexity index is 1420. The number of aldehydes is 1. The number of nitrogens with one attached hydrogen (secondary N) is 1. The number of nitrogens with zero attached hydrogens (tertiary/aromatic N) is 4. The van der Waals surface area contributed by atoms with Crippen molar-refractivity contribution in [3.63, 3.8) is 0 Å². The van der Waals surface area contributed by atoms with Crippen LogP contribution in [-0.2, 0) is 11.2 Å². The van der Waals surface area contributed by atoms with Crippen LogP contribution >= 0.6 is 11.8 Å². The van der Waals surface area contributed by atoms with Crippen LogP contribution in [0.5, 0.6) is 0 Å². The molecule has 3 aromatic heterocycles. The molecule has 39 heavy (non-hydrogen) atoms. The third-order valence-electron chi connectivity index (χ3n) is 7.12. The van der Waals surface area contributed by atoms with Crippen molar-refractivity contribution in [3.8, 4) is 11.4 Å². The zero-order chi connectivity index (χ0) is 27.9. The van der Waals surface area contributed by atoms with Gasteiger partial charge in [0.25, 0.3) is 0 Å². The molecule has 1 aliphatic rings. The molecule has 2 unspecified atom stereocenters. The van der Waals surface area contributed by atoms with Crippen LogP contribution in [0.4, 0.5) is 11.5 Å². The van der Waals surface area contributed by atoms with Crippen molar-refractivity contribution in [1.29, 1.82) is 0 Å². The molecule has 4 heterocycles. The Morgan fingerprint density at radius 1 is 1.05 bits per heavy atom. The van der Waals surface area contributed by atoms with E-state index >= 15 is 0 Å². The first-order chi connectivity index (χ1) is 18.8. The van der Waals surface area contributed by atoms with Crippen LogP contribution in [0.1, 0.15) is 25.1 Å². The molecule has 1 saturated heterocycles. The Balaban J connectivity index is 0.000000270. The smallest absolute Gasteiger partial charge is 0.129 e. The molecule has 1 aliphatic heterocycles. The van der Waals surface area contributed by atoms with Gasteiger partial charge in [-0.1, -0.05) is 26.0 Å². The first-order valence-corrected chi connectivity index (χ1v) is 14.5. The van der Waals surface area contributed by atoms with Crippen LogP contribution in [0.15, 0.2) is 65.7 Å². The molecule has 0 aliphatic carbocycles. The van der Waals surface area contributed by atoms with Crippen molar-refractivity contribution in [1.82, 2.24) is 15.0 Å². The van der Waals surface area contributed by atoms with Gasteiger partial charge >= 0.3 is 0 Å². The molecule has 0 saturated carbocycles. The van der Waals surface area contributed by atoms with E-state index in [1.165, 1.54) is 16.1 Å². The van der Waals surface area contributed by atoms with E-state index in [1.807, 2.05) is 43.4 Å². The quantitative estimate of drug-likeness (QED) is 0.238. The molecule has 0 amide bonds. The lowest BCUT2D eigenvalue weighted by molar-refractivity contribution is -0.107. The molecule has 2 N–H and O–H groups in total. The SMILES string of the molecule is CC1CN(c2cccc(-c3ccc4cnc(CC=O)cc4n3)n2)CC(C)C1O.CNc1ccc(C)c(SC)c1. The second kappa shape index (κ2) is 13.0. The van der Waals surface area contributed by atoms with Crippen LogP contribution < -0.4 is 10.2 Å². The fourth-order valence-electron chi connectivity index (χ4n) is 4.85. The lowest BCUT2D eigenvalue weighted by atomic mass is 9.88. The minimum absolute atomic E-state index is 0.205. The van der Waals surface area contributed by atoms with Gasteiger partial charge in [0.2, 0.25) is 0 Å².